The number of nitrogens with zero attached hydrogens (tertiary/aromatic N) is 2. The van der Waals surface area contributed by atoms with Crippen molar-refractivity contribution in [1.82, 2.24) is 0 Å². The van der Waals surface area contributed by atoms with Gasteiger partial charge in [-0.25, -0.2) is 0 Å². The highest BCUT2D eigenvalue weighted by Gasteiger charge is 2.27. The molecule has 2 heteroatoms. The van der Waals surface area contributed by atoms with E-state index in [0.29, 0.717) is 11.8 Å². The summed E-state index contributed by atoms with van der Waals surface area (Å²) >= 11 is 0. The molecule has 10 rings (SSSR count). The number of anilines is 6. The van der Waals surface area contributed by atoms with Crippen LogP contribution in [0.4, 0.5) is 34.1 Å². The Kier molecular flexibility index (Phi) is 8.68. The first kappa shape index (κ1) is 35.8. The van der Waals surface area contributed by atoms with E-state index >= 15 is 0 Å². The summed E-state index contributed by atoms with van der Waals surface area (Å²) in [6, 6.07) is 63.5. The summed E-state index contributed by atoms with van der Waals surface area (Å²) in [4.78, 5) is 5.02. The van der Waals surface area contributed by atoms with Crippen LogP contribution < -0.4 is 9.80 Å². The van der Waals surface area contributed by atoms with Crippen LogP contribution in [0.1, 0.15) is 61.8 Å². The summed E-state index contributed by atoms with van der Waals surface area (Å²) in [5, 5.41) is 12.8. The van der Waals surface area contributed by atoms with Crippen molar-refractivity contribution in [3.05, 3.63) is 192 Å². The van der Waals surface area contributed by atoms with E-state index < -0.39 is 0 Å². The van der Waals surface area contributed by atoms with Crippen molar-refractivity contribution in [1.29, 1.82) is 0 Å². The smallest absolute Gasteiger partial charge is 0.0541 e. The number of aryl methyl sites for hydroxylation is 2. The lowest BCUT2D eigenvalue weighted by molar-refractivity contribution is 0.876. The average Bonchev–Trinajstić information content (AvgIpc) is 3.23. The molecule has 282 valence electrons. The minimum atomic E-state index is 0.311. The van der Waals surface area contributed by atoms with E-state index in [1.807, 2.05) is 0 Å². The van der Waals surface area contributed by atoms with Crippen LogP contribution in [-0.2, 0) is 0 Å². The molecule has 0 heterocycles. The maximum absolute atomic E-state index is 2.52. The van der Waals surface area contributed by atoms with E-state index in [4.69, 9.17) is 0 Å². The van der Waals surface area contributed by atoms with E-state index in [0.717, 1.165) is 11.4 Å². The Morgan fingerprint density at radius 1 is 0.328 bits per heavy atom. The molecule has 0 fully saturated rings. The Morgan fingerprint density at radius 3 is 1.12 bits per heavy atom. The molecule has 0 saturated heterocycles. The van der Waals surface area contributed by atoms with Crippen molar-refractivity contribution in [3.8, 4) is 0 Å². The highest BCUT2D eigenvalue weighted by Crippen LogP contribution is 2.52. The van der Waals surface area contributed by atoms with Gasteiger partial charge in [0.2, 0.25) is 0 Å². The van der Waals surface area contributed by atoms with Gasteiger partial charge in [-0.3, -0.25) is 0 Å². The zero-order valence-corrected chi connectivity index (χ0v) is 34.2. The third kappa shape index (κ3) is 5.78. The van der Waals surface area contributed by atoms with Crippen LogP contribution in [0.5, 0.6) is 0 Å². The molecule has 0 amide bonds. The lowest BCUT2D eigenvalue weighted by Gasteiger charge is -2.32. The number of rotatable bonds is 8. The largest absolute Gasteiger partial charge is 0.309 e. The number of fused-ring (bicyclic) bond motifs is 2. The van der Waals surface area contributed by atoms with Crippen LogP contribution >= 0.6 is 0 Å². The zero-order valence-electron chi connectivity index (χ0n) is 34.2. The maximum atomic E-state index is 2.52. The highest BCUT2D eigenvalue weighted by atomic mass is 15.2. The van der Waals surface area contributed by atoms with Gasteiger partial charge in [-0.15, -0.1) is 0 Å². The van der Waals surface area contributed by atoms with Crippen molar-refractivity contribution >= 4 is 88.0 Å². The summed E-state index contributed by atoms with van der Waals surface area (Å²) in [6.45, 7) is 13.8. The SMILES string of the molecule is Cc1cccc(N(c2cccc3ccccc23)c2ccc3c(C(C)C)cc4c(N(c5cccc(C)c5)c5cccc6ccccc56)ccc5c(C(C)C)cc2c3c54)c1. The second-order valence-electron chi connectivity index (χ2n) is 16.7. The molecule has 58 heavy (non-hydrogen) atoms. The van der Waals surface area contributed by atoms with Gasteiger partial charge in [0.15, 0.2) is 0 Å². The predicted octanol–water partition coefficient (Wildman–Crippen LogP) is 16.7. The van der Waals surface area contributed by atoms with Gasteiger partial charge in [-0.05, 0) is 141 Å². The fourth-order valence-electron chi connectivity index (χ4n) is 9.50. The quantitative estimate of drug-likeness (QED) is 0.143. The molecule has 0 atom stereocenters. The molecule has 0 N–H and O–H groups in total. The van der Waals surface area contributed by atoms with Gasteiger partial charge in [0.1, 0.15) is 0 Å². The molecule has 0 bridgehead atoms. The van der Waals surface area contributed by atoms with Crippen molar-refractivity contribution in [2.24, 2.45) is 0 Å². The summed E-state index contributed by atoms with van der Waals surface area (Å²) in [6.07, 6.45) is 0. The van der Waals surface area contributed by atoms with E-state index in [9.17, 15) is 0 Å². The van der Waals surface area contributed by atoms with E-state index in [1.54, 1.807) is 0 Å². The molecule has 0 unspecified atom stereocenters. The second kappa shape index (κ2) is 14.1. The van der Waals surface area contributed by atoms with Gasteiger partial charge in [-0.2, -0.15) is 0 Å². The van der Waals surface area contributed by atoms with Crippen molar-refractivity contribution in [2.45, 2.75) is 53.4 Å². The maximum Gasteiger partial charge on any atom is 0.0541 e. The Hall–Kier alpha value is -6.64. The molecule has 0 aliphatic rings. The first-order chi connectivity index (χ1) is 28.3. The Bertz CT molecular complexity index is 2940. The minimum absolute atomic E-state index is 0.311. The lowest BCUT2D eigenvalue weighted by atomic mass is 9.83. The van der Waals surface area contributed by atoms with Crippen LogP contribution in [0, 0.1) is 13.8 Å². The van der Waals surface area contributed by atoms with E-state index in [-0.39, 0.29) is 0 Å². The number of hydrogen-bond acceptors (Lipinski definition) is 2. The van der Waals surface area contributed by atoms with Gasteiger partial charge in [-0.1, -0.05) is 137 Å². The van der Waals surface area contributed by atoms with Gasteiger partial charge in [0.25, 0.3) is 0 Å². The average molecular weight is 749 g/mol. The van der Waals surface area contributed by atoms with Crippen LogP contribution in [0.25, 0.3) is 53.9 Å². The minimum Gasteiger partial charge on any atom is -0.309 e. The zero-order chi connectivity index (χ0) is 39.7. The van der Waals surface area contributed by atoms with Crippen molar-refractivity contribution in [3.63, 3.8) is 0 Å². The molecule has 0 saturated carbocycles. The second-order valence-corrected chi connectivity index (χ2v) is 16.7. The van der Waals surface area contributed by atoms with Gasteiger partial charge < -0.3 is 9.80 Å². The first-order valence-corrected chi connectivity index (χ1v) is 20.7. The molecule has 10 aromatic carbocycles. The summed E-state index contributed by atoms with van der Waals surface area (Å²) in [5.41, 5.74) is 12.2. The van der Waals surface area contributed by atoms with Gasteiger partial charge in [0, 0.05) is 32.9 Å². The molecular formula is C56H48N2. The third-order valence-electron chi connectivity index (χ3n) is 12.2. The standard InChI is InChI=1S/C56H48N2/c1-35(2)47-33-49-53(57(41-21-11-15-37(5)31-41)51-25-13-19-39-17-7-9-23-43(39)51)30-28-46-48(36(3)4)34-50-54(29-27-45(47)55(50)56(46)49)58(42-22-12-16-38(6)32-42)52-26-14-20-40-18-8-10-24-44(40)52/h7-36H,1-6H3. The molecule has 0 aromatic heterocycles. The Labute approximate surface area is 341 Å². The van der Waals surface area contributed by atoms with E-state index in [2.05, 4.69) is 221 Å². The molecule has 0 aliphatic carbocycles. The van der Waals surface area contributed by atoms with E-state index in [1.165, 1.54) is 98.9 Å². The summed E-state index contributed by atoms with van der Waals surface area (Å²) < 4.78 is 0. The van der Waals surface area contributed by atoms with Crippen LogP contribution in [0.2, 0.25) is 0 Å². The molecule has 0 spiro atoms. The van der Waals surface area contributed by atoms with Crippen LogP contribution in [-0.4, -0.2) is 0 Å². The fourth-order valence-corrected chi connectivity index (χ4v) is 9.50. The molecule has 0 radical (unpaired) electrons. The van der Waals surface area contributed by atoms with Crippen molar-refractivity contribution < 1.29 is 0 Å². The molecule has 2 nitrogen and oxygen atoms in total. The molecule has 10 aromatic rings. The number of hydrogen-bond donors (Lipinski definition) is 0. The topological polar surface area (TPSA) is 6.48 Å². The monoisotopic (exact) mass is 748 g/mol. The predicted molar refractivity (Wildman–Crippen MR) is 252 cm³/mol. The van der Waals surface area contributed by atoms with Crippen molar-refractivity contribution in [2.75, 3.05) is 9.80 Å². The van der Waals surface area contributed by atoms with Gasteiger partial charge >= 0.3 is 0 Å². The highest BCUT2D eigenvalue weighted by molar-refractivity contribution is 6.30. The molecular weight excluding hydrogens is 701 g/mol. The van der Waals surface area contributed by atoms with Crippen LogP contribution in [0.15, 0.2) is 170 Å². The fraction of sp³-hybridized carbons (Fsp3) is 0.143. The van der Waals surface area contributed by atoms with Gasteiger partial charge in [0.05, 0.1) is 22.7 Å². The summed E-state index contributed by atoms with van der Waals surface area (Å²) in [5.74, 6) is 0.622. The Balaban J connectivity index is 1.36. The first-order valence-electron chi connectivity index (χ1n) is 20.7. The third-order valence-corrected chi connectivity index (χ3v) is 12.2. The number of benzene rings is 10. The van der Waals surface area contributed by atoms with Crippen LogP contribution in [0.3, 0.4) is 0 Å². The summed E-state index contributed by atoms with van der Waals surface area (Å²) in [7, 11) is 0. The molecule has 0 aliphatic heterocycles. The Morgan fingerprint density at radius 2 is 0.707 bits per heavy atom. The normalized spacial score (nSPS) is 11.9. The lowest BCUT2D eigenvalue weighted by Crippen LogP contribution is -2.13.